The lowest BCUT2D eigenvalue weighted by Crippen LogP contribution is -2.41. The summed E-state index contributed by atoms with van der Waals surface area (Å²) < 4.78 is 17.4. The van der Waals surface area contributed by atoms with Crippen LogP contribution in [0.15, 0.2) is 78.6 Å². The summed E-state index contributed by atoms with van der Waals surface area (Å²) in [5, 5.41) is 12.5. The Kier molecular flexibility index (Phi) is 8.71. The van der Waals surface area contributed by atoms with E-state index in [1.54, 1.807) is 0 Å². The van der Waals surface area contributed by atoms with Crippen LogP contribution in [0.5, 0.6) is 5.75 Å². The molecule has 4 unspecified atom stereocenters. The zero-order valence-corrected chi connectivity index (χ0v) is 20.6. The van der Waals surface area contributed by atoms with Crippen molar-refractivity contribution < 1.29 is 19.3 Å². The first-order valence-corrected chi connectivity index (χ1v) is 12.9. The molecule has 4 rings (SSSR count). The zero-order valence-electron chi connectivity index (χ0n) is 19.9. The van der Waals surface area contributed by atoms with Crippen molar-refractivity contribution in [2.24, 2.45) is 5.92 Å². The van der Waals surface area contributed by atoms with Gasteiger partial charge in [0.1, 0.15) is 23.7 Å². The third-order valence-corrected chi connectivity index (χ3v) is 6.99. The van der Waals surface area contributed by atoms with E-state index in [0.29, 0.717) is 18.9 Å². The summed E-state index contributed by atoms with van der Waals surface area (Å²) in [5.41, 5.74) is 0.916. The van der Waals surface area contributed by atoms with E-state index in [1.165, 1.54) is 0 Å². The van der Waals surface area contributed by atoms with Crippen molar-refractivity contribution >= 4 is 11.6 Å². The molecule has 0 radical (unpaired) electrons. The van der Waals surface area contributed by atoms with Gasteiger partial charge in [0.05, 0.1) is 12.5 Å². The van der Waals surface area contributed by atoms with Crippen LogP contribution < -0.4 is 4.74 Å². The van der Waals surface area contributed by atoms with Gasteiger partial charge in [-0.15, -0.1) is 11.6 Å². The summed E-state index contributed by atoms with van der Waals surface area (Å²) in [6.45, 7) is 3.36. The van der Waals surface area contributed by atoms with E-state index in [1.807, 2.05) is 48.5 Å². The highest BCUT2D eigenvalue weighted by molar-refractivity contribution is 6.17. The molecule has 34 heavy (non-hydrogen) atoms. The number of hydrogen-bond donors (Lipinski definition) is 1. The van der Waals surface area contributed by atoms with E-state index >= 15 is 0 Å². The molecule has 0 aromatic heterocycles. The quantitative estimate of drug-likeness (QED) is 0.383. The molecule has 1 aliphatic heterocycles. The topological polar surface area (TPSA) is 47.9 Å². The zero-order chi connectivity index (χ0) is 23.8. The second kappa shape index (κ2) is 11.9. The van der Waals surface area contributed by atoms with E-state index in [0.717, 1.165) is 54.9 Å². The maximum absolute atomic E-state index is 12.5. The summed E-state index contributed by atoms with van der Waals surface area (Å²) in [4.78, 5) is 0. The average molecular weight is 483 g/mol. The molecule has 4 nitrogen and oxygen atoms in total. The van der Waals surface area contributed by atoms with E-state index < -0.39 is 5.60 Å². The fourth-order valence-electron chi connectivity index (χ4n) is 5.11. The van der Waals surface area contributed by atoms with E-state index in [4.69, 9.17) is 25.8 Å². The lowest BCUT2D eigenvalue weighted by Gasteiger charge is -2.42. The highest BCUT2D eigenvalue weighted by atomic mass is 35.5. The Hall–Kier alpha value is -2.27. The molecule has 5 heteroatoms. The molecule has 1 fully saturated rings. The van der Waals surface area contributed by atoms with Crippen molar-refractivity contribution in [3.63, 3.8) is 0 Å². The Morgan fingerprint density at radius 2 is 1.91 bits per heavy atom. The summed E-state index contributed by atoms with van der Waals surface area (Å²) >= 11 is 5.77. The van der Waals surface area contributed by atoms with Crippen molar-refractivity contribution in [3.05, 3.63) is 89.7 Å². The van der Waals surface area contributed by atoms with Crippen LogP contribution in [0.3, 0.4) is 0 Å². The largest absolute Gasteiger partial charge is 0.493 e. The number of ether oxygens (including phenoxy) is 3. The second-order valence-corrected chi connectivity index (χ2v) is 9.36. The molecule has 182 valence electrons. The minimum atomic E-state index is -1.10. The molecule has 1 aliphatic carbocycles. The Balaban J connectivity index is 1.62. The maximum atomic E-state index is 12.5. The van der Waals surface area contributed by atoms with Gasteiger partial charge in [0.2, 0.25) is 0 Å². The van der Waals surface area contributed by atoms with Crippen molar-refractivity contribution in [2.75, 3.05) is 19.1 Å². The monoisotopic (exact) mass is 482 g/mol. The number of alkyl halides is 1. The number of aliphatic hydroxyl groups is 1. The minimum Gasteiger partial charge on any atom is -0.493 e. The lowest BCUT2D eigenvalue weighted by molar-refractivity contribution is -0.105. The molecule has 0 saturated carbocycles. The standard InChI is InChI=1S/C29H35ClO4/c1-2-27(22-8-4-3-5-9-22)29(31,23-11-15-25(16-12-23)32-21-19-30)24-13-17-26(18-14-24)34-28-10-6-7-20-33-28/h3-5,8-9,11,13-18,23,27-28,31H,2,6-7,10,12,19-21H2,1H3. The van der Waals surface area contributed by atoms with E-state index in [9.17, 15) is 5.11 Å². The molecule has 1 heterocycles. The molecule has 1 N–H and O–H groups in total. The Morgan fingerprint density at radius 1 is 1.12 bits per heavy atom. The second-order valence-electron chi connectivity index (χ2n) is 8.98. The van der Waals surface area contributed by atoms with Crippen LogP contribution in [-0.4, -0.2) is 30.5 Å². The van der Waals surface area contributed by atoms with Gasteiger partial charge in [-0.3, -0.25) is 0 Å². The highest BCUT2D eigenvalue weighted by Gasteiger charge is 2.44. The van der Waals surface area contributed by atoms with Crippen molar-refractivity contribution in [3.8, 4) is 5.75 Å². The highest BCUT2D eigenvalue weighted by Crippen LogP contribution is 2.48. The Morgan fingerprint density at radius 3 is 2.53 bits per heavy atom. The third kappa shape index (κ3) is 5.68. The summed E-state index contributed by atoms with van der Waals surface area (Å²) in [6, 6.07) is 18.2. The molecule has 1 saturated heterocycles. The molecule has 0 amide bonds. The molecular weight excluding hydrogens is 448 g/mol. The first kappa shape index (κ1) is 24.8. The van der Waals surface area contributed by atoms with Gasteiger partial charge in [-0.25, -0.2) is 0 Å². The van der Waals surface area contributed by atoms with Gasteiger partial charge < -0.3 is 19.3 Å². The van der Waals surface area contributed by atoms with Gasteiger partial charge in [0, 0.05) is 18.3 Å². The van der Waals surface area contributed by atoms with Gasteiger partial charge in [-0.05, 0) is 61.1 Å². The fraction of sp³-hybridized carbons (Fsp3) is 0.448. The smallest absolute Gasteiger partial charge is 0.199 e. The molecule has 2 aromatic rings. The van der Waals surface area contributed by atoms with Crippen LogP contribution in [0.2, 0.25) is 0 Å². The molecule has 0 spiro atoms. The number of allylic oxidation sites excluding steroid dienone is 2. The van der Waals surface area contributed by atoms with Gasteiger partial charge in [-0.2, -0.15) is 0 Å². The van der Waals surface area contributed by atoms with Gasteiger partial charge in [0.25, 0.3) is 0 Å². The summed E-state index contributed by atoms with van der Waals surface area (Å²) in [6.07, 6.45) is 10.5. The van der Waals surface area contributed by atoms with Gasteiger partial charge >= 0.3 is 0 Å². The first-order chi connectivity index (χ1) is 16.6. The van der Waals surface area contributed by atoms with Crippen LogP contribution in [0, 0.1) is 5.92 Å². The summed E-state index contributed by atoms with van der Waals surface area (Å²) in [5.74, 6) is 1.85. The average Bonchev–Trinajstić information content (AvgIpc) is 2.90. The van der Waals surface area contributed by atoms with Crippen LogP contribution >= 0.6 is 11.6 Å². The molecule has 2 aromatic carbocycles. The molecular formula is C29H35ClO4. The number of hydrogen-bond acceptors (Lipinski definition) is 4. The fourth-order valence-corrected chi connectivity index (χ4v) is 5.18. The molecule has 4 atom stereocenters. The van der Waals surface area contributed by atoms with Crippen molar-refractivity contribution in [1.82, 2.24) is 0 Å². The van der Waals surface area contributed by atoms with Crippen LogP contribution in [0.1, 0.15) is 56.1 Å². The van der Waals surface area contributed by atoms with Gasteiger partial charge in [-0.1, -0.05) is 55.5 Å². The molecule has 2 aliphatic rings. The summed E-state index contributed by atoms with van der Waals surface area (Å²) in [7, 11) is 0. The third-order valence-electron chi connectivity index (χ3n) is 6.84. The van der Waals surface area contributed by atoms with Crippen molar-refractivity contribution in [1.29, 1.82) is 0 Å². The van der Waals surface area contributed by atoms with E-state index in [-0.39, 0.29) is 18.1 Å². The lowest BCUT2D eigenvalue weighted by atomic mass is 9.67. The maximum Gasteiger partial charge on any atom is 0.199 e. The number of benzene rings is 2. The Bertz CT molecular complexity index is 950. The van der Waals surface area contributed by atoms with Crippen LogP contribution in [0.4, 0.5) is 0 Å². The first-order valence-electron chi connectivity index (χ1n) is 12.4. The van der Waals surface area contributed by atoms with Crippen LogP contribution in [-0.2, 0) is 15.1 Å². The number of halogens is 1. The predicted molar refractivity (Wildman–Crippen MR) is 136 cm³/mol. The minimum absolute atomic E-state index is 0.0736. The predicted octanol–water partition coefficient (Wildman–Crippen LogP) is 6.69. The normalized spacial score (nSPS) is 23.0. The molecule has 0 bridgehead atoms. The SMILES string of the molecule is CCC(c1ccccc1)C(O)(c1ccc(OC2CCCCO2)cc1)C1C=CC(OCCCl)=CC1. The number of rotatable bonds is 10. The van der Waals surface area contributed by atoms with E-state index in [2.05, 4.69) is 31.2 Å². The van der Waals surface area contributed by atoms with Gasteiger partial charge in [0.15, 0.2) is 6.29 Å². The van der Waals surface area contributed by atoms with Crippen molar-refractivity contribution in [2.45, 2.75) is 56.8 Å². The Labute approximate surface area is 208 Å². The van der Waals surface area contributed by atoms with Crippen LogP contribution in [0.25, 0.3) is 0 Å².